The topological polar surface area (TPSA) is 30.5 Å². The van der Waals surface area contributed by atoms with Crippen LogP contribution >= 0.6 is 0 Å². The first-order valence-electron chi connectivity index (χ1n) is 5.46. The van der Waals surface area contributed by atoms with Crippen molar-refractivity contribution in [3.8, 4) is 11.5 Å². The lowest BCUT2D eigenvalue weighted by atomic mass is 10.2. The SMILES string of the molecule is CCNCc1cccc(OC)c1OCC(F)F. The zero-order valence-electron chi connectivity index (χ0n) is 10.0. The fourth-order valence-corrected chi connectivity index (χ4v) is 1.43. The van der Waals surface area contributed by atoms with E-state index in [0.29, 0.717) is 18.0 Å². The van der Waals surface area contributed by atoms with Crippen molar-refractivity contribution in [1.29, 1.82) is 0 Å². The lowest BCUT2D eigenvalue weighted by Gasteiger charge is -2.15. The molecule has 0 amide bonds. The van der Waals surface area contributed by atoms with Crippen LogP contribution in [0, 0.1) is 0 Å². The molecular weight excluding hydrogens is 228 g/mol. The number of ether oxygens (including phenoxy) is 2. The highest BCUT2D eigenvalue weighted by molar-refractivity contribution is 5.46. The number of methoxy groups -OCH3 is 1. The van der Waals surface area contributed by atoms with E-state index in [2.05, 4.69) is 5.32 Å². The van der Waals surface area contributed by atoms with E-state index in [1.807, 2.05) is 13.0 Å². The van der Waals surface area contributed by atoms with Crippen LogP contribution in [0.4, 0.5) is 8.78 Å². The molecule has 0 unspecified atom stereocenters. The largest absolute Gasteiger partial charge is 0.493 e. The summed E-state index contributed by atoms with van der Waals surface area (Å²) in [5.74, 6) is 0.859. The van der Waals surface area contributed by atoms with Gasteiger partial charge in [-0.1, -0.05) is 19.1 Å². The molecule has 0 aromatic heterocycles. The molecule has 0 saturated carbocycles. The van der Waals surface area contributed by atoms with Gasteiger partial charge in [-0.15, -0.1) is 0 Å². The van der Waals surface area contributed by atoms with Crippen LogP contribution in [0.25, 0.3) is 0 Å². The van der Waals surface area contributed by atoms with Crippen molar-refractivity contribution in [1.82, 2.24) is 5.32 Å². The van der Waals surface area contributed by atoms with Gasteiger partial charge in [0.2, 0.25) is 0 Å². The normalized spacial score (nSPS) is 10.6. The Kier molecular flexibility index (Phi) is 5.69. The summed E-state index contributed by atoms with van der Waals surface area (Å²) < 4.78 is 34.5. The van der Waals surface area contributed by atoms with Crippen molar-refractivity contribution < 1.29 is 18.3 Å². The molecule has 0 atom stereocenters. The van der Waals surface area contributed by atoms with Gasteiger partial charge < -0.3 is 14.8 Å². The molecule has 3 nitrogen and oxygen atoms in total. The third-order valence-electron chi connectivity index (χ3n) is 2.20. The summed E-state index contributed by atoms with van der Waals surface area (Å²) >= 11 is 0. The van der Waals surface area contributed by atoms with Gasteiger partial charge in [-0.25, -0.2) is 8.78 Å². The van der Waals surface area contributed by atoms with Crippen LogP contribution in [0.15, 0.2) is 18.2 Å². The maximum Gasteiger partial charge on any atom is 0.272 e. The molecule has 17 heavy (non-hydrogen) atoms. The first-order chi connectivity index (χ1) is 8.19. The van der Waals surface area contributed by atoms with E-state index < -0.39 is 13.0 Å². The Morgan fingerprint density at radius 1 is 1.35 bits per heavy atom. The fourth-order valence-electron chi connectivity index (χ4n) is 1.43. The number of hydrogen-bond donors (Lipinski definition) is 1. The van der Waals surface area contributed by atoms with Crippen molar-refractivity contribution in [3.05, 3.63) is 23.8 Å². The second-order valence-electron chi connectivity index (χ2n) is 3.43. The number of rotatable bonds is 7. The van der Waals surface area contributed by atoms with Crippen LogP contribution in [0.1, 0.15) is 12.5 Å². The predicted octanol–water partition coefficient (Wildman–Crippen LogP) is 2.45. The van der Waals surface area contributed by atoms with Gasteiger partial charge >= 0.3 is 0 Å². The molecular formula is C12H17F2NO2. The van der Waals surface area contributed by atoms with Crippen LogP contribution < -0.4 is 14.8 Å². The third kappa shape index (κ3) is 4.19. The maximum absolute atomic E-state index is 12.2. The summed E-state index contributed by atoms with van der Waals surface area (Å²) in [5.41, 5.74) is 0.812. The van der Waals surface area contributed by atoms with Gasteiger partial charge in [-0.2, -0.15) is 0 Å². The summed E-state index contributed by atoms with van der Waals surface area (Å²) in [5, 5.41) is 3.12. The average molecular weight is 245 g/mol. The smallest absolute Gasteiger partial charge is 0.272 e. The first kappa shape index (κ1) is 13.7. The highest BCUT2D eigenvalue weighted by atomic mass is 19.3. The van der Waals surface area contributed by atoms with E-state index in [1.165, 1.54) is 7.11 Å². The molecule has 1 aromatic carbocycles. The zero-order valence-corrected chi connectivity index (χ0v) is 10.0. The van der Waals surface area contributed by atoms with Crippen molar-refractivity contribution in [3.63, 3.8) is 0 Å². The zero-order chi connectivity index (χ0) is 12.7. The molecule has 96 valence electrons. The molecule has 0 spiro atoms. The van der Waals surface area contributed by atoms with Crippen molar-refractivity contribution in [2.75, 3.05) is 20.3 Å². The quantitative estimate of drug-likeness (QED) is 0.800. The molecule has 5 heteroatoms. The number of halogens is 2. The third-order valence-corrected chi connectivity index (χ3v) is 2.20. The van der Waals surface area contributed by atoms with E-state index >= 15 is 0 Å². The van der Waals surface area contributed by atoms with E-state index in [-0.39, 0.29) is 0 Å². The minimum absolute atomic E-state index is 0.385. The van der Waals surface area contributed by atoms with Gasteiger partial charge in [-0.3, -0.25) is 0 Å². The van der Waals surface area contributed by atoms with Crippen LogP contribution in [-0.4, -0.2) is 26.7 Å². The van der Waals surface area contributed by atoms with Crippen molar-refractivity contribution in [2.24, 2.45) is 0 Å². The molecule has 1 rings (SSSR count). The maximum atomic E-state index is 12.2. The lowest BCUT2D eigenvalue weighted by molar-refractivity contribution is 0.0799. The first-order valence-corrected chi connectivity index (χ1v) is 5.46. The second kappa shape index (κ2) is 7.06. The molecule has 0 aliphatic heterocycles. The highest BCUT2D eigenvalue weighted by Crippen LogP contribution is 2.31. The van der Waals surface area contributed by atoms with Gasteiger partial charge in [0.05, 0.1) is 7.11 Å². The summed E-state index contributed by atoms with van der Waals surface area (Å²) in [6.07, 6.45) is -2.49. The lowest BCUT2D eigenvalue weighted by Crippen LogP contribution is -2.15. The molecule has 0 fully saturated rings. The van der Waals surface area contributed by atoms with Crippen molar-refractivity contribution in [2.45, 2.75) is 19.9 Å². The van der Waals surface area contributed by atoms with Gasteiger partial charge in [0, 0.05) is 12.1 Å². The Morgan fingerprint density at radius 2 is 2.12 bits per heavy atom. The number of benzene rings is 1. The van der Waals surface area contributed by atoms with Crippen LogP contribution in [0.3, 0.4) is 0 Å². The Morgan fingerprint density at radius 3 is 2.71 bits per heavy atom. The molecule has 0 aliphatic carbocycles. The number of hydrogen-bond acceptors (Lipinski definition) is 3. The Balaban J connectivity index is 2.85. The Labute approximate surface area is 99.7 Å². The molecule has 0 saturated heterocycles. The minimum atomic E-state index is -2.49. The molecule has 0 heterocycles. The fraction of sp³-hybridized carbons (Fsp3) is 0.500. The predicted molar refractivity (Wildman–Crippen MR) is 61.9 cm³/mol. The summed E-state index contributed by atoms with van der Waals surface area (Å²) in [7, 11) is 1.49. The molecule has 0 radical (unpaired) electrons. The summed E-state index contributed by atoms with van der Waals surface area (Å²) in [4.78, 5) is 0. The van der Waals surface area contributed by atoms with Crippen molar-refractivity contribution >= 4 is 0 Å². The molecule has 1 N–H and O–H groups in total. The standard InChI is InChI=1S/C12H17F2NO2/c1-3-15-7-9-5-4-6-10(16-2)12(9)17-8-11(13)14/h4-6,11,15H,3,7-8H2,1-2H3. The Bertz CT molecular complexity index is 345. The van der Waals surface area contributed by atoms with E-state index in [4.69, 9.17) is 9.47 Å². The van der Waals surface area contributed by atoms with Crippen LogP contribution in [-0.2, 0) is 6.54 Å². The number of alkyl halides is 2. The minimum Gasteiger partial charge on any atom is -0.493 e. The Hall–Kier alpha value is -1.36. The average Bonchev–Trinajstić information content (AvgIpc) is 2.33. The van der Waals surface area contributed by atoms with Crippen LogP contribution in [0.5, 0.6) is 11.5 Å². The van der Waals surface area contributed by atoms with E-state index in [9.17, 15) is 8.78 Å². The highest BCUT2D eigenvalue weighted by Gasteiger charge is 2.12. The summed E-state index contributed by atoms with van der Waals surface area (Å²) in [6, 6.07) is 5.32. The molecule has 0 aliphatic rings. The van der Waals surface area contributed by atoms with Gasteiger partial charge in [0.1, 0.15) is 6.61 Å². The second-order valence-corrected chi connectivity index (χ2v) is 3.43. The van der Waals surface area contributed by atoms with Gasteiger partial charge in [0.25, 0.3) is 6.43 Å². The number of nitrogens with one attached hydrogen (secondary N) is 1. The molecule has 1 aromatic rings. The number of para-hydroxylation sites is 1. The monoisotopic (exact) mass is 245 g/mol. The van der Waals surface area contributed by atoms with E-state index in [0.717, 1.165) is 12.1 Å². The van der Waals surface area contributed by atoms with Gasteiger partial charge in [-0.05, 0) is 12.6 Å². The summed E-state index contributed by atoms with van der Waals surface area (Å²) in [6.45, 7) is 2.71. The molecule has 0 bridgehead atoms. The van der Waals surface area contributed by atoms with Gasteiger partial charge in [0.15, 0.2) is 11.5 Å². The van der Waals surface area contributed by atoms with Crippen LogP contribution in [0.2, 0.25) is 0 Å². The van der Waals surface area contributed by atoms with E-state index in [1.54, 1.807) is 12.1 Å².